The van der Waals surface area contributed by atoms with Gasteiger partial charge in [-0.3, -0.25) is 9.69 Å². The molecule has 7 heteroatoms. The van der Waals surface area contributed by atoms with Crippen LogP contribution in [0.15, 0.2) is 47.8 Å². The fourth-order valence-corrected chi connectivity index (χ4v) is 3.60. The molecule has 1 aromatic heterocycles. The number of nitrogens with zero attached hydrogens (tertiary/aromatic N) is 2. The summed E-state index contributed by atoms with van der Waals surface area (Å²) in [5.74, 6) is -1.26. The maximum Gasteiger partial charge on any atom is 0.231 e. The van der Waals surface area contributed by atoms with Crippen molar-refractivity contribution < 1.29 is 13.6 Å². The van der Waals surface area contributed by atoms with Crippen molar-refractivity contribution in [3.8, 4) is 0 Å². The zero-order valence-electron chi connectivity index (χ0n) is 15.7. The molecule has 146 valence electrons. The summed E-state index contributed by atoms with van der Waals surface area (Å²) >= 11 is 1.42. The summed E-state index contributed by atoms with van der Waals surface area (Å²) in [6.45, 7) is 2.79. The molecule has 0 saturated heterocycles. The van der Waals surface area contributed by atoms with Crippen molar-refractivity contribution >= 4 is 22.9 Å². The van der Waals surface area contributed by atoms with Gasteiger partial charge in [-0.05, 0) is 31.7 Å². The van der Waals surface area contributed by atoms with Gasteiger partial charge in [-0.15, -0.1) is 11.3 Å². The Morgan fingerprint density at radius 1 is 1.18 bits per heavy atom. The Balaban J connectivity index is 1.54. The van der Waals surface area contributed by atoms with Crippen LogP contribution in [0.2, 0.25) is 0 Å². The molecule has 0 saturated carbocycles. The van der Waals surface area contributed by atoms with Gasteiger partial charge in [-0.25, -0.2) is 13.8 Å². The van der Waals surface area contributed by atoms with Crippen LogP contribution in [-0.4, -0.2) is 22.8 Å². The summed E-state index contributed by atoms with van der Waals surface area (Å²) in [7, 11) is 1.84. The fourth-order valence-electron chi connectivity index (χ4n) is 2.82. The monoisotopic (exact) mass is 401 g/mol. The molecule has 0 spiro atoms. The van der Waals surface area contributed by atoms with E-state index >= 15 is 0 Å². The average Bonchev–Trinajstić information content (AvgIpc) is 3.06. The molecule has 1 amide bonds. The van der Waals surface area contributed by atoms with Gasteiger partial charge in [0.25, 0.3) is 0 Å². The molecule has 0 radical (unpaired) electrons. The largest absolute Gasteiger partial charge is 0.325 e. The number of amides is 1. The Morgan fingerprint density at radius 2 is 1.96 bits per heavy atom. The highest BCUT2D eigenvalue weighted by Crippen LogP contribution is 2.17. The summed E-state index contributed by atoms with van der Waals surface area (Å²) in [6, 6.07) is 11.2. The summed E-state index contributed by atoms with van der Waals surface area (Å²) in [5, 5.41) is 5.52. The van der Waals surface area contributed by atoms with Crippen molar-refractivity contribution in [2.75, 3.05) is 12.4 Å². The number of halogens is 2. The summed E-state index contributed by atoms with van der Waals surface area (Å²) in [4.78, 5) is 18.6. The first-order chi connectivity index (χ1) is 13.4. The van der Waals surface area contributed by atoms with Crippen LogP contribution in [-0.2, 0) is 24.3 Å². The first-order valence-electron chi connectivity index (χ1n) is 8.82. The van der Waals surface area contributed by atoms with Crippen molar-refractivity contribution in [2.24, 2.45) is 0 Å². The van der Waals surface area contributed by atoms with Crippen molar-refractivity contribution in [1.29, 1.82) is 0 Å². The van der Waals surface area contributed by atoms with Crippen LogP contribution in [0.5, 0.6) is 0 Å². The number of para-hydroxylation sites is 1. The van der Waals surface area contributed by atoms with Crippen LogP contribution in [0.1, 0.15) is 21.8 Å². The zero-order valence-corrected chi connectivity index (χ0v) is 16.5. The number of anilines is 1. The van der Waals surface area contributed by atoms with Crippen molar-refractivity contribution in [1.82, 2.24) is 9.88 Å². The summed E-state index contributed by atoms with van der Waals surface area (Å²) in [5.41, 5.74) is 3.04. The summed E-state index contributed by atoms with van der Waals surface area (Å²) in [6.07, 6.45) is 0.204. The highest BCUT2D eigenvalue weighted by Gasteiger charge is 2.12. The molecule has 0 aliphatic rings. The minimum absolute atomic E-state index is 0.114. The van der Waals surface area contributed by atoms with Gasteiger partial charge in [-0.1, -0.05) is 24.3 Å². The van der Waals surface area contributed by atoms with Crippen molar-refractivity contribution in [3.63, 3.8) is 0 Å². The molecule has 1 N–H and O–H groups in total. The number of aromatic nitrogens is 1. The molecule has 0 unspecified atom stereocenters. The molecule has 0 bridgehead atoms. The van der Waals surface area contributed by atoms with Crippen LogP contribution in [0.3, 0.4) is 0 Å². The van der Waals surface area contributed by atoms with Gasteiger partial charge < -0.3 is 5.32 Å². The van der Waals surface area contributed by atoms with Crippen LogP contribution < -0.4 is 5.32 Å². The predicted octanol–water partition coefficient (Wildman–Crippen LogP) is 4.54. The molecule has 28 heavy (non-hydrogen) atoms. The third kappa shape index (κ3) is 5.43. The van der Waals surface area contributed by atoms with E-state index in [1.807, 2.05) is 48.5 Å². The summed E-state index contributed by atoms with van der Waals surface area (Å²) < 4.78 is 26.8. The molecular weight excluding hydrogens is 380 g/mol. The lowest BCUT2D eigenvalue weighted by atomic mass is 10.2. The predicted molar refractivity (Wildman–Crippen MR) is 107 cm³/mol. The lowest BCUT2D eigenvalue weighted by Crippen LogP contribution is -2.18. The van der Waals surface area contributed by atoms with Crippen LogP contribution in [0.4, 0.5) is 14.5 Å². The molecule has 1 heterocycles. The van der Waals surface area contributed by atoms with Gasteiger partial charge in [0.15, 0.2) is 0 Å². The Labute approximate surface area is 166 Å². The SMILES string of the molecule is Cc1ccccc1NC(=O)Cc1nc(CN(C)Cc2ccc(F)cc2F)cs1. The van der Waals surface area contributed by atoms with Gasteiger partial charge in [0, 0.05) is 35.8 Å². The number of aryl methyl sites for hydroxylation is 1. The van der Waals surface area contributed by atoms with Crippen LogP contribution in [0, 0.1) is 18.6 Å². The molecule has 2 aromatic carbocycles. The van der Waals surface area contributed by atoms with E-state index < -0.39 is 11.6 Å². The Kier molecular flexibility index (Phi) is 6.49. The zero-order chi connectivity index (χ0) is 20.1. The van der Waals surface area contributed by atoms with Crippen molar-refractivity contribution in [3.05, 3.63) is 81.3 Å². The van der Waals surface area contributed by atoms with Crippen molar-refractivity contribution in [2.45, 2.75) is 26.4 Å². The third-order valence-corrected chi connectivity index (χ3v) is 5.12. The molecule has 0 atom stereocenters. The van der Waals surface area contributed by atoms with E-state index in [9.17, 15) is 13.6 Å². The molecule has 3 rings (SSSR count). The van der Waals surface area contributed by atoms with E-state index in [0.717, 1.165) is 28.0 Å². The second-order valence-electron chi connectivity index (χ2n) is 6.68. The van der Waals surface area contributed by atoms with E-state index in [1.54, 1.807) is 0 Å². The highest BCUT2D eigenvalue weighted by atomic mass is 32.1. The topological polar surface area (TPSA) is 45.2 Å². The highest BCUT2D eigenvalue weighted by molar-refractivity contribution is 7.09. The van der Waals surface area contributed by atoms with Crippen LogP contribution in [0.25, 0.3) is 0 Å². The fraction of sp³-hybridized carbons (Fsp3) is 0.238. The van der Waals surface area contributed by atoms with Gasteiger partial charge in [0.1, 0.15) is 16.6 Å². The van der Waals surface area contributed by atoms with Crippen LogP contribution >= 0.6 is 11.3 Å². The normalized spacial score (nSPS) is 11.0. The number of thiazole rings is 1. The maximum atomic E-state index is 13.8. The number of nitrogens with one attached hydrogen (secondary N) is 1. The maximum absolute atomic E-state index is 13.8. The van der Waals surface area contributed by atoms with Gasteiger partial charge in [-0.2, -0.15) is 0 Å². The molecule has 0 aliphatic carbocycles. The number of benzene rings is 2. The van der Waals surface area contributed by atoms with Gasteiger partial charge in [0.2, 0.25) is 5.91 Å². The molecule has 0 aliphatic heterocycles. The second kappa shape index (κ2) is 9.03. The Morgan fingerprint density at radius 3 is 2.71 bits per heavy atom. The number of hydrogen-bond donors (Lipinski definition) is 1. The standard InChI is InChI=1S/C21H21F2N3OS/c1-14-5-3-4-6-19(14)25-20(27)10-21-24-17(13-28-21)12-26(2)11-15-7-8-16(22)9-18(15)23/h3-9,13H,10-12H2,1-2H3,(H,25,27). The quantitative estimate of drug-likeness (QED) is 0.632. The number of carbonyl (C=O) groups is 1. The van der Waals surface area contributed by atoms with Gasteiger partial charge >= 0.3 is 0 Å². The first-order valence-corrected chi connectivity index (χ1v) is 9.70. The molecule has 3 aromatic rings. The van der Waals surface area contributed by atoms with Gasteiger partial charge in [0.05, 0.1) is 12.1 Å². The second-order valence-corrected chi connectivity index (χ2v) is 7.62. The minimum Gasteiger partial charge on any atom is -0.325 e. The lowest BCUT2D eigenvalue weighted by Gasteiger charge is -2.15. The van der Waals surface area contributed by atoms with E-state index in [0.29, 0.717) is 18.7 Å². The Bertz CT molecular complexity index is 974. The molecule has 4 nitrogen and oxygen atoms in total. The first kappa shape index (κ1) is 20.1. The Hall–Kier alpha value is -2.64. The molecule has 0 fully saturated rings. The van der Waals surface area contributed by atoms with E-state index in [-0.39, 0.29) is 12.3 Å². The number of carbonyl (C=O) groups excluding carboxylic acids is 1. The minimum atomic E-state index is -0.586. The van der Waals surface area contributed by atoms with E-state index in [1.165, 1.54) is 23.5 Å². The average molecular weight is 401 g/mol. The van der Waals surface area contributed by atoms with E-state index in [2.05, 4.69) is 10.3 Å². The number of hydrogen-bond acceptors (Lipinski definition) is 4. The number of rotatable bonds is 7. The third-order valence-electron chi connectivity index (χ3n) is 4.22. The lowest BCUT2D eigenvalue weighted by molar-refractivity contribution is -0.115. The smallest absolute Gasteiger partial charge is 0.231 e. The van der Waals surface area contributed by atoms with E-state index in [4.69, 9.17) is 0 Å². The molecular formula is C21H21F2N3OS.